The van der Waals surface area contributed by atoms with Crippen LogP contribution < -0.4 is 0 Å². The smallest absolute Gasteiger partial charge is 0.318 e. The highest BCUT2D eigenvalue weighted by Crippen LogP contribution is 2.14. The maximum Gasteiger partial charge on any atom is 0.318 e. The van der Waals surface area contributed by atoms with Crippen molar-refractivity contribution in [1.82, 2.24) is 0 Å². The topological polar surface area (TPSA) is 63.6 Å². The maximum absolute atomic E-state index is 12.0. The van der Waals surface area contributed by atoms with Crippen molar-refractivity contribution in [3.63, 3.8) is 0 Å². The molecule has 0 rings (SSSR count). The highest BCUT2D eigenvalue weighted by atomic mass is 16.5. The molecule has 4 heteroatoms. The lowest BCUT2D eigenvalue weighted by Gasteiger charge is -2.07. The third-order valence-electron chi connectivity index (χ3n) is 5.31. The van der Waals surface area contributed by atoms with E-state index < -0.39 is 17.9 Å². The third kappa shape index (κ3) is 19.7. The van der Waals surface area contributed by atoms with E-state index in [1.54, 1.807) is 12.2 Å². The van der Waals surface area contributed by atoms with E-state index in [0.717, 1.165) is 19.3 Å². The lowest BCUT2D eigenvalue weighted by molar-refractivity contribution is -0.147. The molecule has 30 heavy (non-hydrogen) atoms. The second-order valence-corrected chi connectivity index (χ2v) is 8.23. The number of hydrogen-bond acceptors (Lipinski definition) is 3. The van der Waals surface area contributed by atoms with Crippen LogP contribution in [0.2, 0.25) is 0 Å². The Bertz CT molecular complexity index is 468. The molecule has 0 saturated carbocycles. The lowest BCUT2D eigenvalue weighted by Crippen LogP contribution is -2.17. The zero-order valence-electron chi connectivity index (χ0n) is 19.6. The van der Waals surface area contributed by atoms with Gasteiger partial charge in [0.1, 0.15) is 0 Å². The molecule has 174 valence electrons. The van der Waals surface area contributed by atoms with Crippen molar-refractivity contribution in [2.24, 2.45) is 5.92 Å². The van der Waals surface area contributed by atoms with E-state index in [1.807, 2.05) is 13.0 Å². The van der Waals surface area contributed by atoms with Gasteiger partial charge in [0, 0.05) is 0 Å². The van der Waals surface area contributed by atoms with E-state index in [0.29, 0.717) is 0 Å². The predicted molar refractivity (Wildman–Crippen MR) is 125 cm³/mol. The van der Waals surface area contributed by atoms with Gasteiger partial charge in [-0.05, 0) is 25.3 Å². The molecule has 1 N–H and O–H groups in total. The zero-order valence-corrected chi connectivity index (χ0v) is 19.6. The summed E-state index contributed by atoms with van der Waals surface area (Å²) in [4.78, 5) is 22.9. The first-order valence-corrected chi connectivity index (χ1v) is 12.4. The van der Waals surface area contributed by atoms with Gasteiger partial charge in [0.15, 0.2) is 0 Å². The first kappa shape index (κ1) is 28.4. The number of allylic oxidation sites excluding steroid dienone is 2. The van der Waals surface area contributed by atoms with Gasteiger partial charge in [-0.2, -0.15) is 0 Å². The summed E-state index contributed by atoms with van der Waals surface area (Å²) in [7, 11) is 0. The Morgan fingerprint density at radius 3 is 1.73 bits per heavy atom. The summed E-state index contributed by atoms with van der Waals surface area (Å²) in [6.45, 7) is 4.20. The van der Waals surface area contributed by atoms with Crippen molar-refractivity contribution in [3.8, 4) is 0 Å². The van der Waals surface area contributed by atoms with Gasteiger partial charge < -0.3 is 9.84 Å². The third-order valence-corrected chi connectivity index (χ3v) is 5.31. The second-order valence-electron chi connectivity index (χ2n) is 8.23. The molecule has 4 nitrogen and oxygen atoms in total. The first-order chi connectivity index (χ1) is 14.6. The highest BCUT2D eigenvalue weighted by Gasteiger charge is 2.19. The Hall–Kier alpha value is -1.58. The van der Waals surface area contributed by atoms with Crippen LogP contribution in [0, 0.1) is 5.92 Å². The molecule has 0 amide bonds. The Morgan fingerprint density at radius 1 is 0.767 bits per heavy atom. The van der Waals surface area contributed by atoms with Crippen LogP contribution in [0.1, 0.15) is 123 Å². The fourth-order valence-corrected chi connectivity index (χ4v) is 3.43. The van der Waals surface area contributed by atoms with Crippen molar-refractivity contribution in [3.05, 3.63) is 24.5 Å². The number of esters is 1. The van der Waals surface area contributed by atoms with Crippen LogP contribution in [-0.4, -0.2) is 17.0 Å². The summed E-state index contributed by atoms with van der Waals surface area (Å²) >= 11 is 0. The molecule has 0 spiro atoms. The number of rotatable bonds is 21. The predicted octanol–water partition coefficient (Wildman–Crippen LogP) is 7.97. The molecular weight excluding hydrogens is 376 g/mol. The maximum atomic E-state index is 12.0. The van der Waals surface area contributed by atoms with Gasteiger partial charge in [-0.3, -0.25) is 9.59 Å². The minimum Gasteiger partial charge on any atom is -0.481 e. The number of carbonyl (C=O) groups excluding carboxylic acids is 1. The molecule has 0 aliphatic rings. The molecule has 0 heterocycles. The van der Waals surface area contributed by atoms with Crippen LogP contribution in [0.25, 0.3) is 0 Å². The Labute approximate surface area is 185 Å². The fourth-order valence-electron chi connectivity index (χ4n) is 3.43. The van der Waals surface area contributed by atoms with Crippen molar-refractivity contribution < 1.29 is 19.4 Å². The average Bonchev–Trinajstić information content (AvgIpc) is 2.72. The molecule has 0 aromatic rings. The molecule has 0 aromatic carbocycles. The van der Waals surface area contributed by atoms with Crippen LogP contribution in [0.3, 0.4) is 0 Å². The van der Waals surface area contributed by atoms with E-state index in [2.05, 4.69) is 6.92 Å². The quantitative estimate of drug-likeness (QED) is 0.0881. The van der Waals surface area contributed by atoms with Crippen molar-refractivity contribution in [2.45, 2.75) is 123 Å². The molecule has 0 bridgehead atoms. The number of carboxylic acid groups (broad SMARTS) is 1. The zero-order chi connectivity index (χ0) is 22.3. The summed E-state index contributed by atoms with van der Waals surface area (Å²) < 4.78 is 4.99. The van der Waals surface area contributed by atoms with Crippen LogP contribution in [0.15, 0.2) is 24.5 Å². The molecule has 1 atom stereocenters. The van der Waals surface area contributed by atoms with Crippen LogP contribution in [-0.2, 0) is 14.3 Å². The molecule has 0 aliphatic heterocycles. The SMILES string of the molecule is CCC=COC(=O)C(C=CCCCCCCCCCCCCCCCC)CC(=O)O. The van der Waals surface area contributed by atoms with Gasteiger partial charge >= 0.3 is 11.9 Å². The van der Waals surface area contributed by atoms with Crippen LogP contribution >= 0.6 is 0 Å². The van der Waals surface area contributed by atoms with Crippen molar-refractivity contribution >= 4 is 11.9 Å². The largest absolute Gasteiger partial charge is 0.481 e. The monoisotopic (exact) mass is 422 g/mol. The van der Waals surface area contributed by atoms with Gasteiger partial charge in [-0.1, -0.05) is 109 Å². The Balaban J connectivity index is 3.67. The van der Waals surface area contributed by atoms with E-state index in [9.17, 15) is 9.59 Å². The Morgan fingerprint density at radius 2 is 1.27 bits per heavy atom. The van der Waals surface area contributed by atoms with E-state index in [1.165, 1.54) is 89.7 Å². The number of aliphatic carboxylic acids is 1. The average molecular weight is 423 g/mol. The molecular formula is C26H46O4. The number of ether oxygens (including phenoxy) is 1. The second kappa shape index (κ2) is 22.1. The summed E-state index contributed by atoms with van der Waals surface area (Å²) in [5.41, 5.74) is 0. The molecule has 0 fully saturated rings. The van der Waals surface area contributed by atoms with Gasteiger partial charge in [-0.25, -0.2) is 0 Å². The van der Waals surface area contributed by atoms with Crippen LogP contribution in [0.5, 0.6) is 0 Å². The number of unbranched alkanes of at least 4 members (excludes halogenated alkanes) is 14. The highest BCUT2D eigenvalue weighted by molar-refractivity contribution is 5.81. The fraction of sp³-hybridized carbons (Fsp3) is 0.769. The summed E-state index contributed by atoms with van der Waals surface area (Å²) in [5.74, 6) is -2.20. The van der Waals surface area contributed by atoms with Crippen LogP contribution in [0.4, 0.5) is 0 Å². The summed E-state index contributed by atoms with van der Waals surface area (Å²) in [6.07, 6.45) is 26.8. The van der Waals surface area contributed by atoms with Crippen molar-refractivity contribution in [1.29, 1.82) is 0 Å². The molecule has 0 saturated heterocycles. The van der Waals surface area contributed by atoms with Gasteiger partial charge in [0.25, 0.3) is 0 Å². The van der Waals surface area contributed by atoms with E-state index in [-0.39, 0.29) is 6.42 Å². The lowest BCUT2D eigenvalue weighted by atomic mass is 10.0. The van der Waals surface area contributed by atoms with E-state index in [4.69, 9.17) is 9.84 Å². The van der Waals surface area contributed by atoms with E-state index >= 15 is 0 Å². The standard InChI is InChI=1S/C26H46O4/c1-3-5-7-8-9-10-11-12-13-14-15-16-17-18-19-20-21-24(23-25(27)28)26(29)30-22-6-4-2/h6,20-22,24H,3-5,7-19,23H2,1-2H3,(H,27,28). The number of hydrogen-bond donors (Lipinski definition) is 1. The summed E-state index contributed by atoms with van der Waals surface area (Å²) in [6, 6.07) is 0. The molecule has 0 aliphatic carbocycles. The molecule has 0 aromatic heterocycles. The Kier molecular flexibility index (Phi) is 20.9. The van der Waals surface area contributed by atoms with Crippen molar-refractivity contribution in [2.75, 3.05) is 0 Å². The first-order valence-electron chi connectivity index (χ1n) is 12.4. The number of carbonyl (C=O) groups is 2. The molecule has 1 unspecified atom stereocenters. The number of carboxylic acids is 1. The normalized spacial score (nSPS) is 12.6. The summed E-state index contributed by atoms with van der Waals surface area (Å²) in [5, 5.41) is 8.98. The van der Waals surface area contributed by atoms with Gasteiger partial charge in [-0.15, -0.1) is 0 Å². The van der Waals surface area contributed by atoms with Gasteiger partial charge in [0.05, 0.1) is 18.6 Å². The minimum absolute atomic E-state index is 0.228. The molecule has 0 radical (unpaired) electrons. The minimum atomic E-state index is -0.988. The van der Waals surface area contributed by atoms with Gasteiger partial charge in [0.2, 0.25) is 0 Å².